The van der Waals surface area contributed by atoms with Crippen molar-refractivity contribution in [3.8, 4) is 5.75 Å². The molecule has 0 saturated carbocycles. The Morgan fingerprint density at radius 2 is 1.79 bits per heavy atom. The molecule has 0 spiro atoms. The minimum absolute atomic E-state index is 0.305. The first-order chi connectivity index (χ1) is 9.06. The van der Waals surface area contributed by atoms with Gasteiger partial charge in [-0.1, -0.05) is 26.0 Å². The molecule has 2 rings (SSSR count). The predicted octanol–water partition coefficient (Wildman–Crippen LogP) is 4.87. The molecule has 0 radical (unpaired) electrons. The number of hydrogen-bond acceptors (Lipinski definition) is 2. The van der Waals surface area contributed by atoms with Gasteiger partial charge in [0, 0.05) is 6.21 Å². The lowest BCUT2D eigenvalue weighted by Gasteiger charge is -2.04. The van der Waals surface area contributed by atoms with E-state index in [-0.39, 0.29) is 0 Å². The van der Waals surface area contributed by atoms with Crippen LogP contribution in [0, 0.1) is 3.57 Å². The van der Waals surface area contributed by atoms with Gasteiger partial charge in [-0.15, -0.1) is 0 Å². The van der Waals surface area contributed by atoms with Gasteiger partial charge in [-0.25, -0.2) is 0 Å². The summed E-state index contributed by atoms with van der Waals surface area (Å²) in [5.74, 6) is 0.843. The van der Waals surface area contributed by atoms with E-state index in [1.165, 1.54) is 5.56 Å². The van der Waals surface area contributed by atoms with Crippen molar-refractivity contribution in [2.45, 2.75) is 19.8 Å². The van der Waals surface area contributed by atoms with E-state index in [1.807, 2.05) is 30.5 Å². The molecule has 2 aromatic carbocycles. The number of halogens is 1. The van der Waals surface area contributed by atoms with Crippen molar-refractivity contribution >= 4 is 34.5 Å². The number of rotatable bonds is 3. The molecule has 3 heteroatoms. The van der Waals surface area contributed by atoms with Gasteiger partial charge in [0.05, 0.1) is 9.26 Å². The average molecular weight is 365 g/mol. The second-order valence-electron chi connectivity index (χ2n) is 4.72. The van der Waals surface area contributed by atoms with Gasteiger partial charge in [-0.05, 0) is 70.0 Å². The molecule has 0 aliphatic rings. The standard InChI is InChI=1S/C16H16INO/c1-11(2)13-4-6-14(7-5-13)18-10-12-3-8-16(19)15(17)9-12/h3-11,19H,1-2H3. The number of phenols is 1. The van der Waals surface area contributed by atoms with E-state index >= 15 is 0 Å². The van der Waals surface area contributed by atoms with Crippen molar-refractivity contribution in [3.05, 3.63) is 57.2 Å². The zero-order valence-corrected chi connectivity index (χ0v) is 13.1. The van der Waals surface area contributed by atoms with E-state index in [0.717, 1.165) is 14.8 Å². The van der Waals surface area contributed by atoms with Gasteiger partial charge < -0.3 is 5.11 Å². The summed E-state index contributed by atoms with van der Waals surface area (Å²) in [7, 11) is 0. The van der Waals surface area contributed by atoms with E-state index in [1.54, 1.807) is 6.07 Å². The van der Waals surface area contributed by atoms with Crippen LogP contribution in [0.25, 0.3) is 0 Å². The summed E-state index contributed by atoms with van der Waals surface area (Å²) in [4.78, 5) is 4.44. The SMILES string of the molecule is CC(C)c1ccc(N=Cc2ccc(O)c(I)c2)cc1. The minimum Gasteiger partial charge on any atom is -0.507 e. The summed E-state index contributed by atoms with van der Waals surface area (Å²) in [6.45, 7) is 4.35. The summed E-state index contributed by atoms with van der Waals surface area (Å²) < 4.78 is 0.830. The van der Waals surface area contributed by atoms with Crippen molar-refractivity contribution in [1.82, 2.24) is 0 Å². The zero-order chi connectivity index (χ0) is 13.8. The highest BCUT2D eigenvalue weighted by molar-refractivity contribution is 14.1. The van der Waals surface area contributed by atoms with Crippen LogP contribution in [0.15, 0.2) is 47.5 Å². The zero-order valence-electron chi connectivity index (χ0n) is 11.0. The third kappa shape index (κ3) is 3.80. The summed E-state index contributed by atoms with van der Waals surface area (Å²) in [5, 5.41) is 9.46. The molecule has 0 atom stereocenters. The van der Waals surface area contributed by atoms with Crippen LogP contribution < -0.4 is 0 Å². The smallest absolute Gasteiger partial charge is 0.128 e. The van der Waals surface area contributed by atoms with Crippen LogP contribution in [0.5, 0.6) is 5.75 Å². The van der Waals surface area contributed by atoms with Crippen molar-refractivity contribution in [2.75, 3.05) is 0 Å². The predicted molar refractivity (Wildman–Crippen MR) is 88.6 cm³/mol. The molecule has 0 bridgehead atoms. The fraction of sp³-hybridized carbons (Fsp3) is 0.188. The van der Waals surface area contributed by atoms with Crippen molar-refractivity contribution < 1.29 is 5.11 Å². The van der Waals surface area contributed by atoms with E-state index in [9.17, 15) is 5.11 Å². The Labute approximate surface area is 127 Å². The molecular formula is C16H16INO. The number of aliphatic imine (C=N–C) groups is 1. The molecule has 0 fully saturated rings. The summed E-state index contributed by atoms with van der Waals surface area (Å²) in [6.07, 6.45) is 1.81. The molecule has 0 unspecified atom stereocenters. The van der Waals surface area contributed by atoms with Gasteiger partial charge in [0.2, 0.25) is 0 Å². The van der Waals surface area contributed by atoms with Crippen LogP contribution in [0.4, 0.5) is 5.69 Å². The largest absolute Gasteiger partial charge is 0.507 e. The Morgan fingerprint density at radius 3 is 2.37 bits per heavy atom. The van der Waals surface area contributed by atoms with Gasteiger partial charge in [-0.2, -0.15) is 0 Å². The van der Waals surface area contributed by atoms with Crippen LogP contribution in [0.1, 0.15) is 30.9 Å². The molecule has 0 aliphatic carbocycles. The van der Waals surface area contributed by atoms with Crippen LogP contribution in [-0.2, 0) is 0 Å². The maximum Gasteiger partial charge on any atom is 0.128 e. The van der Waals surface area contributed by atoms with Crippen molar-refractivity contribution in [3.63, 3.8) is 0 Å². The molecule has 0 heterocycles. The average Bonchev–Trinajstić information content (AvgIpc) is 2.40. The quantitative estimate of drug-likeness (QED) is 0.611. The Hall–Kier alpha value is -1.36. The molecule has 2 aromatic rings. The van der Waals surface area contributed by atoms with E-state index < -0.39 is 0 Å². The summed E-state index contributed by atoms with van der Waals surface area (Å²) in [6, 6.07) is 13.7. The molecule has 19 heavy (non-hydrogen) atoms. The first-order valence-electron chi connectivity index (χ1n) is 6.19. The fourth-order valence-corrected chi connectivity index (χ4v) is 2.24. The van der Waals surface area contributed by atoms with E-state index in [4.69, 9.17) is 0 Å². The third-order valence-electron chi connectivity index (χ3n) is 2.89. The number of hydrogen-bond donors (Lipinski definition) is 1. The Morgan fingerprint density at radius 1 is 1.11 bits per heavy atom. The molecule has 0 aliphatic heterocycles. The van der Waals surface area contributed by atoms with Crippen LogP contribution in [-0.4, -0.2) is 11.3 Å². The van der Waals surface area contributed by atoms with Gasteiger partial charge in [0.25, 0.3) is 0 Å². The number of aromatic hydroxyl groups is 1. The number of phenolic OH excluding ortho intramolecular Hbond substituents is 1. The van der Waals surface area contributed by atoms with E-state index in [0.29, 0.717) is 11.7 Å². The molecule has 0 amide bonds. The van der Waals surface area contributed by atoms with Crippen LogP contribution in [0.2, 0.25) is 0 Å². The Balaban J connectivity index is 2.15. The molecule has 0 saturated heterocycles. The second-order valence-corrected chi connectivity index (χ2v) is 5.88. The molecule has 2 nitrogen and oxygen atoms in total. The monoisotopic (exact) mass is 365 g/mol. The Bertz CT molecular complexity index is 588. The molecular weight excluding hydrogens is 349 g/mol. The maximum absolute atomic E-state index is 9.46. The third-order valence-corrected chi connectivity index (χ3v) is 3.76. The first kappa shape index (κ1) is 14.1. The van der Waals surface area contributed by atoms with Crippen molar-refractivity contribution in [2.24, 2.45) is 4.99 Å². The van der Waals surface area contributed by atoms with Gasteiger partial charge in [0.15, 0.2) is 0 Å². The molecule has 0 aromatic heterocycles. The highest BCUT2D eigenvalue weighted by atomic mass is 127. The highest BCUT2D eigenvalue weighted by Crippen LogP contribution is 2.21. The van der Waals surface area contributed by atoms with E-state index in [2.05, 4.69) is 53.6 Å². The lowest BCUT2D eigenvalue weighted by molar-refractivity contribution is 0.471. The van der Waals surface area contributed by atoms with Crippen LogP contribution >= 0.6 is 22.6 Å². The number of benzene rings is 2. The Kier molecular flexibility index (Phi) is 4.58. The van der Waals surface area contributed by atoms with Crippen LogP contribution in [0.3, 0.4) is 0 Å². The normalized spacial score (nSPS) is 11.4. The minimum atomic E-state index is 0.305. The van der Waals surface area contributed by atoms with Gasteiger partial charge >= 0.3 is 0 Å². The number of nitrogens with zero attached hydrogens (tertiary/aromatic N) is 1. The highest BCUT2D eigenvalue weighted by Gasteiger charge is 1.99. The topological polar surface area (TPSA) is 32.6 Å². The van der Waals surface area contributed by atoms with Gasteiger partial charge in [-0.3, -0.25) is 4.99 Å². The maximum atomic E-state index is 9.46. The second kappa shape index (κ2) is 6.19. The lowest BCUT2D eigenvalue weighted by Crippen LogP contribution is -1.85. The molecule has 1 N–H and O–H groups in total. The fourth-order valence-electron chi connectivity index (χ4n) is 1.70. The lowest BCUT2D eigenvalue weighted by atomic mass is 10.0. The first-order valence-corrected chi connectivity index (χ1v) is 7.26. The van der Waals surface area contributed by atoms with Gasteiger partial charge in [0.1, 0.15) is 5.75 Å². The van der Waals surface area contributed by atoms with Crippen molar-refractivity contribution in [1.29, 1.82) is 0 Å². The summed E-state index contributed by atoms with van der Waals surface area (Å²) in [5.41, 5.74) is 3.24. The summed E-state index contributed by atoms with van der Waals surface area (Å²) >= 11 is 2.10. The molecule has 98 valence electrons.